The lowest BCUT2D eigenvalue weighted by molar-refractivity contribution is -0.143. The monoisotopic (exact) mass is 586 g/mol. The number of ether oxygens (including phenoxy) is 2. The fourth-order valence-corrected chi connectivity index (χ4v) is 5.75. The average molecular weight is 587 g/mol. The van der Waals surface area contributed by atoms with Crippen molar-refractivity contribution in [2.45, 2.75) is 46.6 Å². The third-order valence-electron chi connectivity index (χ3n) is 6.97. The normalized spacial score (nSPS) is 12.7. The van der Waals surface area contributed by atoms with Gasteiger partial charge in [-0.3, -0.25) is 14.9 Å². The molecule has 1 aliphatic heterocycles. The summed E-state index contributed by atoms with van der Waals surface area (Å²) in [4.78, 5) is 49.8. The maximum Gasteiger partial charge on any atom is 0.357 e. The molecule has 0 radical (unpaired) electrons. The van der Waals surface area contributed by atoms with Gasteiger partial charge in [0.05, 0.1) is 23.4 Å². The van der Waals surface area contributed by atoms with Crippen molar-refractivity contribution in [2.24, 2.45) is 5.92 Å². The summed E-state index contributed by atoms with van der Waals surface area (Å²) in [5, 5.41) is 3.53. The fraction of sp³-hybridized carbons (Fsp3) is 0.344. The van der Waals surface area contributed by atoms with Crippen molar-refractivity contribution in [3.05, 3.63) is 82.5 Å². The molecule has 0 spiro atoms. The van der Waals surface area contributed by atoms with Gasteiger partial charge in [-0.15, -0.1) is 0 Å². The second-order valence-corrected chi connectivity index (χ2v) is 11.6. The highest BCUT2D eigenvalue weighted by Gasteiger charge is 2.25. The molecule has 3 heterocycles. The van der Waals surface area contributed by atoms with Crippen LogP contribution in [-0.2, 0) is 33.7 Å². The minimum Gasteiger partial charge on any atom is -0.466 e. The van der Waals surface area contributed by atoms with E-state index in [1.54, 1.807) is 6.92 Å². The number of esters is 2. The average Bonchev–Trinajstić information content (AvgIpc) is 3.40. The molecule has 0 atom stereocenters. The number of benzene rings is 2. The predicted molar refractivity (Wildman–Crippen MR) is 163 cm³/mol. The third-order valence-corrected chi connectivity index (χ3v) is 7.92. The highest BCUT2D eigenvalue weighted by molar-refractivity contribution is 7.22. The van der Waals surface area contributed by atoms with Gasteiger partial charge >= 0.3 is 11.9 Å². The summed E-state index contributed by atoms with van der Waals surface area (Å²) in [6.45, 7) is 7.39. The molecular formula is C32H34N4O5S. The number of fused-ring (bicyclic) bond motifs is 2. The van der Waals surface area contributed by atoms with E-state index in [2.05, 4.69) is 15.2 Å². The van der Waals surface area contributed by atoms with Gasteiger partial charge in [-0.2, -0.15) is 0 Å². The van der Waals surface area contributed by atoms with Crippen molar-refractivity contribution in [1.82, 2.24) is 9.97 Å². The van der Waals surface area contributed by atoms with Gasteiger partial charge in [0.15, 0.2) is 10.8 Å². The standard InChI is InChI=1S/C32H34N4O5S/c1-4-40-28(37)15-13-22-12-14-27(34-29(22)31(39)41-19-20(2)3)36-17-16-21-8-7-9-23(24(21)18-36)30(38)35-32-33-25-10-5-6-11-26(25)42-32/h5-12,14,20H,4,13,15-19H2,1-3H3,(H,33,35,38). The number of nitrogens with zero attached hydrogens (tertiary/aromatic N) is 3. The van der Waals surface area contributed by atoms with Gasteiger partial charge in [0, 0.05) is 25.1 Å². The third kappa shape index (κ3) is 6.76. The molecule has 218 valence electrons. The topological polar surface area (TPSA) is 111 Å². The van der Waals surface area contributed by atoms with E-state index in [-0.39, 0.29) is 36.5 Å². The van der Waals surface area contributed by atoms with Gasteiger partial charge < -0.3 is 14.4 Å². The van der Waals surface area contributed by atoms with Crippen LogP contribution in [0.3, 0.4) is 0 Å². The van der Waals surface area contributed by atoms with E-state index in [0.717, 1.165) is 27.8 Å². The lowest BCUT2D eigenvalue weighted by Gasteiger charge is -2.31. The Hall–Kier alpha value is -4.31. The number of carbonyl (C=O) groups excluding carboxylic acids is 3. The summed E-state index contributed by atoms with van der Waals surface area (Å²) in [6.07, 6.45) is 1.18. The summed E-state index contributed by atoms with van der Waals surface area (Å²) >= 11 is 1.44. The molecule has 5 rings (SSSR count). The Balaban J connectivity index is 1.38. The Kier molecular flexibility index (Phi) is 9.12. The van der Waals surface area contributed by atoms with Crippen LogP contribution in [0.5, 0.6) is 0 Å². The highest BCUT2D eigenvalue weighted by atomic mass is 32.1. The largest absolute Gasteiger partial charge is 0.466 e. The highest BCUT2D eigenvalue weighted by Crippen LogP contribution is 2.30. The van der Waals surface area contributed by atoms with Crippen LogP contribution in [0.2, 0.25) is 0 Å². The summed E-state index contributed by atoms with van der Waals surface area (Å²) < 4.78 is 11.6. The molecule has 4 aromatic rings. The van der Waals surface area contributed by atoms with Crippen LogP contribution >= 0.6 is 11.3 Å². The molecule has 0 bridgehead atoms. The number of hydrogen-bond acceptors (Lipinski definition) is 9. The molecular weight excluding hydrogens is 552 g/mol. The van der Waals surface area contributed by atoms with E-state index in [1.807, 2.05) is 68.4 Å². The van der Waals surface area contributed by atoms with Crippen LogP contribution in [0.4, 0.5) is 10.9 Å². The number of nitrogens with one attached hydrogen (secondary N) is 1. The lowest BCUT2D eigenvalue weighted by Crippen LogP contribution is -2.33. The Morgan fingerprint density at radius 2 is 1.86 bits per heavy atom. The number of thiazole rings is 1. The predicted octanol–water partition coefficient (Wildman–Crippen LogP) is 5.81. The van der Waals surface area contributed by atoms with Crippen molar-refractivity contribution < 1.29 is 23.9 Å². The van der Waals surface area contributed by atoms with Crippen LogP contribution in [0.25, 0.3) is 10.2 Å². The quantitative estimate of drug-likeness (QED) is 0.232. The van der Waals surface area contributed by atoms with Gasteiger partial charge in [0.1, 0.15) is 5.82 Å². The molecule has 9 nitrogen and oxygen atoms in total. The number of pyridine rings is 1. The molecule has 2 aromatic carbocycles. The van der Waals surface area contributed by atoms with Gasteiger partial charge in [-0.1, -0.05) is 55.5 Å². The van der Waals surface area contributed by atoms with Crippen LogP contribution in [0.15, 0.2) is 54.6 Å². The van der Waals surface area contributed by atoms with E-state index in [9.17, 15) is 14.4 Å². The van der Waals surface area contributed by atoms with Gasteiger partial charge in [0.2, 0.25) is 0 Å². The minimum atomic E-state index is -0.516. The molecule has 0 fully saturated rings. The molecule has 1 amide bonds. The van der Waals surface area contributed by atoms with Crippen molar-refractivity contribution >= 4 is 50.3 Å². The molecule has 0 saturated heterocycles. The zero-order valence-corrected chi connectivity index (χ0v) is 24.8. The first-order chi connectivity index (χ1) is 20.3. The van der Waals surface area contributed by atoms with E-state index >= 15 is 0 Å². The van der Waals surface area contributed by atoms with Gasteiger partial charge in [-0.25, -0.2) is 14.8 Å². The molecule has 2 aromatic heterocycles. The number of carbonyl (C=O) groups is 3. The van der Waals surface area contributed by atoms with E-state index < -0.39 is 5.97 Å². The second kappa shape index (κ2) is 13.1. The van der Waals surface area contributed by atoms with Crippen molar-refractivity contribution in [3.63, 3.8) is 0 Å². The Morgan fingerprint density at radius 1 is 1.02 bits per heavy atom. The maximum atomic E-state index is 13.4. The number of rotatable bonds is 10. The molecule has 1 N–H and O–H groups in total. The number of para-hydroxylation sites is 1. The van der Waals surface area contributed by atoms with Gasteiger partial charge in [-0.05, 0) is 66.6 Å². The minimum absolute atomic E-state index is 0.142. The second-order valence-electron chi connectivity index (χ2n) is 10.5. The fourth-order valence-electron chi connectivity index (χ4n) is 4.89. The number of hydrogen-bond donors (Lipinski definition) is 1. The zero-order chi connectivity index (χ0) is 29.6. The van der Waals surface area contributed by atoms with E-state index in [4.69, 9.17) is 14.5 Å². The van der Waals surface area contributed by atoms with Crippen molar-refractivity contribution in [2.75, 3.05) is 30.0 Å². The Morgan fingerprint density at radius 3 is 2.64 bits per heavy atom. The molecule has 0 unspecified atom stereocenters. The number of aromatic nitrogens is 2. The van der Waals surface area contributed by atoms with Crippen LogP contribution < -0.4 is 10.2 Å². The van der Waals surface area contributed by atoms with Crippen LogP contribution in [0, 0.1) is 5.92 Å². The number of amides is 1. The lowest BCUT2D eigenvalue weighted by atomic mass is 9.94. The molecule has 0 aliphatic carbocycles. The zero-order valence-electron chi connectivity index (χ0n) is 24.0. The summed E-state index contributed by atoms with van der Waals surface area (Å²) in [7, 11) is 0. The first-order valence-corrected chi connectivity index (χ1v) is 15.0. The molecule has 0 saturated carbocycles. The first-order valence-electron chi connectivity index (χ1n) is 14.2. The maximum absolute atomic E-state index is 13.4. The number of aryl methyl sites for hydroxylation is 1. The Bertz CT molecular complexity index is 1580. The van der Waals surface area contributed by atoms with Crippen molar-refractivity contribution in [1.29, 1.82) is 0 Å². The van der Waals surface area contributed by atoms with E-state index in [1.165, 1.54) is 11.3 Å². The summed E-state index contributed by atoms with van der Waals surface area (Å²) in [6, 6.07) is 17.2. The van der Waals surface area contributed by atoms with Crippen LogP contribution in [0.1, 0.15) is 64.7 Å². The molecule has 1 aliphatic rings. The summed E-state index contributed by atoms with van der Waals surface area (Å²) in [5.74, 6) is -0.275. The van der Waals surface area contributed by atoms with Gasteiger partial charge in [0.25, 0.3) is 5.91 Å². The SMILES string of the molecule is CCOC(=O)CCc1ccc(N2CCc3cccc(C(=O)Nc4nc5ccccc5s4)c3C2)nc1C(=O)OCC(C)C. The van der Waals surface area contributed by atoms with E-state index in [0.29, 0.717) is 48.2 Å². The summed E-state index contributed by atoms with van der Waals surface area (Å²) in [5.41, 5.74) is 4.28. The molecule has 42 heavy (non-hydrogen) atoms. The van der Waals surface area contributed by atoms with Crippen molar-refractivity contribution in [3.8, 4) is 0 Å². The van der Waals surface area contributed by atoms with Crippen LogP contribution in [-0.4, -0.2) is 47.6 Å². The molecule has 10 heteroatoms. The smallest absolute Gasteiger partial charge is 0.357 e. The Labute approximate surface area is 248 Å². The first kappa shape index (κ1) is 29.2. The number of anilines is 2.